The molecular weight excluding hydrogens is 252 g/mol. The van der Waals surface area contributed by atoms with Crippen molar-refractivity contribution in [1.82, 2.24) is 4.72 Å². The average molecular weight is 262 g/mol. The van der Waals surface area contributed by atoms with Crippen LogP contribution < -0.4 is 9.44 Å². The van der Waals surface area contributed by atoms with Gasteiger partial charge in [0, 0.05) is 12.8 Å². The first-order valence-electron chi connectivity index (χ1n) is 4.38. The SMILES string of the molecule is CS(=O)(=O)c1ccc2c(c1)CNS(=O)(=O)N2. The zero-order valence-electron chi connectivity index (χ0n) is 8.39. The largest absolute Gasteiger partial charge is 0.299 e. The number of anilines is 1. The molecule has 0 atom stereocenters. The molecule has 1 aromatic carbocycles. The molecule has 16 heavy (non-hydrogen) atoms. The highest BCUT2D eigenvalue weighted by molar-refractivity contribution is 7.91. The lowest BCUT2D eigenvalue weighted by molar-refractivity contribution is 0.584. The van der Waals surface area contributed by atoms with Crippen LogP contribution in [0.5, 0.6) is 0 Å². The molecular formula is C8H10N2O4S2. The van der Waals surface area contributed by atoms with Crippen molar-refractivity contribution in [3.8, 4) is 0 Å². The lowest BCUT2D eigenvalue weighted by Crippen LogP contribution is -2.34. The molecule has 0 aliphatic carbocycles. The number of rotatable bonds is 1. The van der Waals surface area contributed by atoms with Gasteiger partial charge in [0.25, 0.3) is 10.2 Å². The van der Waals surface area contributed by atoms with Crippen LogP contribution in [-0.4, -0.2) is 23.1 Å². The molecule has 1 aliphatic heterocycles. The maximum absolute atomic E-state index is 11.3. The summed E-state index contributed by atoms with van der Waals surface area (Å²) >= 11 is 0. The first-order chi connectivity index (χ1) is 7.28. The molecule has 0 radical (unpaired) electrons. The third-order valence-electron chi connectivity index (χ3n) is 2.20. The number of hydrogen-bond acceptors (Lipinski definition) is 4. The summed E-state index contributed by atoms with van der Waals surface area (Å²) in [5, 5.41) is 0. The number of hydrogen-bond donors (Lipinski definition) is 2. The number of nitrogens with one attached hydrogen (secondary N) is 2. The van der Waals surface area contributed by atoms with Crippen LogP contribution in [0.3, 0.4) is 0 Å². The van der Waals surface area contributed by atoms with Crippen molar-refractivity contribution in [2.45, 2.75) is 11.4 Å². The van der Waals surface area contributed by atoms with E-state index in [9.17, 15) is 16.8 Å². The Balaban J connectivity index is 2.51. The van der Waals surface area contributed by atoms with E-state index >= 15 is 0 Å². The molecule has 0 spiro atoms. The molecule has 0 saturated carbocycles. The predicted molar refractivity (Wildman–Crippen MR) is 58.9 cm³/mol. The standard InChI is InChI=1S/C8H10N2O4S2/c1-15(11,12)7-2-3-8-6(4-7)5-9-16(13,14)10-8/h2-4,9-10H,5H2,1H3. The van der Waals surface area contributed by atoms with E-state index in [2.05, 4.69) is 9.44 Å². The second kappa shape index (κ2) is 3.44. The summed E-state index contributed by atoms with van der Waals surface area (Å²) in [5.41, 5.74) is 1.02. The van der Waals surface area contributed by atoms with Crippen LogP contribution >= 0.6 is 0 Å². The van der Waals surface area contributed by atoms with Gasteiger partial charge in [-0.1, -0.05) is 0 Å². The summed E-state index contributed by atoms with van der Waals surface area (Å²) in [6.45, 7) is 0.0913. The fourth-order valence-electron chi connectivity index (χ4n) is 1.40. The maximum Gasteiger partial charge on any atom is 0.299 e. The summed E-state index contributed by atoms with van der Waals surface area (Å²) < 4.78 is 49.4. The van der Waals surface area contributed by atoms with Crippen molar-refractivity contribution in [1.29, 1.82) is 0 Å². The zero-order chi connectivity index (χ0) is 12.0. The minimum Gasteiger partial charge on any atom is -0.271 e. The molecule has 6 nitrogen and oxygen atoms in total. The molecule has 0 fully saturated rings. The van der Waals surface area contributed by atoms with E-state index in [1.54, 1.807) is 0 Å². The normalized spacial score (nSPS) is 18.6. The van der Waals surface area contributed by atoms with E-state index < -0.39 is 20.0 Å². The Morgan fingerprint density at radius 1 is 1.31 bits per heavy atom. The van der Waals surface area contributed by atoms with Gasteiger partial charge < -0.3 is 0 Å². The summed E-state index contributed by atoms with van der Waals surface area (Å²) in [6.07, 6.45) is 1.11. The highest BCUT2D eigenvalue weighted by Gasteiger charge is 2.20. The molecule has 1 aromatic rings. The third kappa shape index (κ3) is 2.18. The zero-order valence-corrected chi connectivity index (χ0v) is 10.0. The van der Waals surface area contributed by atoms with Gasteiger partial charge in [0.15, 0.2) is 9.84 Å². The molecule has 8 heteroatoms. The minimum absolute atomic E-state index is 0.0913. The summed E-state index contributed by atoms with van der Waals surface area (Å²) in [6, 6.07) is 4.28. The van der Waals surface area contributed by atoms with Crippen molar-refractivity contribution in [2.24, 2.45) is 0 Å². The van der Waals surface area contributed by atoms with Gasteiger partial charge in [0.2, 0.25) is 0 Å². The van der Waals surface area contributed by atoms with Gasteiger partial charge in [-0.15, -0.1) is 0 Å². The van der Waals surface area contributed by atoms with E-state index in [1.807, 2.05) is 0 Å². The summed E-state index contributed by atoms with van der Waals surface area (Å²) in [5.74, 6) is 0. The molecule has 2 N–H and O–H groups in total. The lowest BCUT2D eigenvalue weighted by Gasteiger charge is -2.19. The van der Waals surface area contributed by atoms with Gasteiger partial charge in [-0.05, 0) is 23.8 Å². The van der Waals surface area contributed by atoms with Crippen LogP contribution in [0.1, 0.15) is 5.56 Å². The smallest absolute Gasteiger partial charge is 0.271 e. The number of benzene rings is 1. The molecule has 1 aliphatic rings. The van der Waals surface area contributed by atoms with Gasteiger partial charge in [-0.25, -0.2) is 8.42 Å². The predicted octanol–water partition coefficient (Wildman–Crippen LogP) is -0.150. The molecule has 2 rings (SSSR count). The third-order valence-corrected chi connectivity index (χ3v) is 4.33. The molecule has 0 saturated heterocycles. The second-order valence-electron chi connectivity index (χ2n) is 3.52. The average Bonchev–Trinajstić information content (AvgIpc) is 2.14. The van der Waals surface area contributed by atoms with E-state index in [4.69, 9.17) is 0 Å². The van der Waals surface area contributed by atoms with Gasteiger partial charge in [-0.2, -0.15) is 13.1 Å². The lowest BCUT2D eigenvalue weighted by atomic mass is 10.2. The van der Waals surface area contributed by atoms with Crippen molar-refractivity contribution >= 4 is 25.7 Å². The Hall–Kier alpha value is -1.12. The molecule has 0 bridgehead atoms. The van der Waals surface area contributed by atoms with Crippen molar-refractivity contribution < 1.29 is 16.8 Å². The second-order valence-corrected chi connectivity index (χ2v) is 7.03. The van der Waals surface area contributed by atoms with Crippen LogP contribution in [0.25, 0.3) is 0 Å². The number of fused-ring (bicyclic) bond motifs is 1. The van der Waals surface area contributed by atoms with Crippen LogP contribution in [0.4, 0.5) is 5.69 Å². The summed E-state index contributed by atoms with van der Waals surface area (Å²) in [7, 11) is -6.76. The number of sulfone groups is 1. The maximum atomic E-state index is 11.3. The van der Waals surface area contributed by atoms with E-state index in [0.29, 0.717) is 11.3 Å². The van der Waals surface area contributed by atoms with E-state index in [-0.39, 0.29) is 11.4 Å². The monoisotopic (exact) mass is 262 g/mol. The van der Waals surface area contributed by atoms with Gasteiger partial charge in [-0.3, -0.25) is 4.72 Å². The topological polar surface area (TPSA) is 92.3 Å². The van der Waals surface area contributed by atoms with Crippen LogP contribution in [0, 0.1) is 0 Å². The highest BCUT2D eigenvalue weighted by Crippen LogP contribution is 2.23. The Kier molecular flexibility index (Phi) is 2.44. The Morgan fingerprint density at radius 3 is 2.62 bits per heavy atom. The van der Waals surface area contributed by atoms with Crippen LogP contribution in [0.15, 0.2) is 23.1 Å². The molecule has 88 valence electrons. The van der Waals surface area contributed by atoms with Gasteiger partial charge in [0.05, 0.1) is 10.6 Å². The molecule has 0 unspecified atom stereocenters. The highest BCUT2D eigenvalue weighted by atomic mass is 32.2. The van der Waals surface area contributed by atoms with Crippen LogP contribution in [-0.2, 0) is 26.6 Å². The minimum atomic E-state index is -3.49. The molecule has 0 amide bonds. The summed E-state index contributed by atoms with van der Waals surface area (Å²) in [4.78, 5) is 0.175. The van der Waals surface area contributed by atoms with Crippen LogP contribution in [0.2, 0.25) is 0 Å². The molecule has 0 aromatic heterocycles. The van der Waals surface area contributed by atoms with Crippen molar-refractivity contribution in [3.63, 3.8) is 0 Å². The fraction of sp³-hybridized carbons (Fsp3) is 0.250. The first-order valence-corrected chi connectivity index (χ1v) is 7.76. The Morgan fingerprint density at radius 2 is 2.00 bits per heavy atom. The van der Waals surface area contributed by atoms with Crippen molar-refractivity contribution in [2.75, 3.05) is 11.0 Å². The van der Waals surface area contributed by atoms with E-state index in [1.165, 1.54) is 18.2 Å². The first kappa shape index (κ1) is 11.4. The Bertz CT molecular complexity index is 634. The van der Waals surface area contributed by atoms with Gasteiger partial charge in [0.1, 0.15) is 0 Å². The quantitative estimate of drug-likeness (QED) is 0.736. The van der Waals surface area contributed by atoms with E-state index in [0.717, 1.165) is 6.26 Å². The molecule has 1 heterocycles. The fourth-order valence-corrected chi connectivity index (χ4v) is 2.98. The van der Waals surface area contributed by atoms with Crippen molar-refractivity contribution in [3.05, 3.63) is 23.8 Å². The van der Waals surface area contributed by atoms with Gasteiger partial charge >= 0.3 is 0 Å². The Labute approximate surface area is 93.8 Å².